The molecule has 0 spiro atoms. The van der Waals surface area contributed by atoms with Gasteiger partial charge in [-0.2, -0.15) is 0 Å². The molecule has 0 aliphatic carbocycles. The fraction of sp³-hybridized carbons (Fsp3) is 1.00. The fourth-order valence-electron chi connectivity index (χ4n) is 2.11. The first-order chi connectivity index (χ1) is 7.04. The lowest BCUT2D eigenvalue weighted by atomic mass is 9.61. The molecular formula is C13H30BN. The summed E-state index contributed by atoms with van der Waals surface area (Å²) in [4.78, 5) is 0. The zero-order valence-corrected chi connectivity index (χ0v) is 11.3. The highest BCUT2D eigenvalue weighted by atomic mass is 14.5. The molecule has 1 unspecified atom stereocenters. The van der Waals surface area contributed by atoms with Crippen molar-refractivity contribution < 1.29 is 0 Å². The molecule has 0 fully saturated rings. The predicted molar refractivity (Wildman–Crippen MR) is 73.1 cm³/mol. The summed E-state index contributed by atoms with van der Waals surface area (Å²) in [6.07, 6.45) is 9.35. The fourth-order valence-corrected chi connectivity index (χ4v) is 2.11. The van der Waals surface area contributed by atoms with Crippen LogP contribution < -0.4 is 5.73 Å². The van der Waals surface area contributed by atoms with E-state index in [0.29, 0.717) is 5.31 Å². The third-order valence-electron chi connectivity index (χ3n) is 3.65. The monoisotopic (exact) mass is 211 g/mol. The predicted octanol–water partition coefficient (Wildman–Crippen LogP) is 3.14. The van der Waals surface area contributed by atoms with Crippen molar-refractivity contribution >= 4 is 7.85 Å². The number of nitrogens with two attached hydrogens (primary N) is 1. The van der Waals surface area contributed by atoms with Crippen molar-refractivity contribution in [3.63, 3.8) is 0 Å². The third kappa shape index (κ3) is 7.90. The van der Waals surface area contributed by atoms with Gasteiger partial charge in [-0.1, -0.05) is 64.6 Å². The van der Waals surface area contributed by atoms with Crippen LogP contribution in [0.3, 0.4) is 0 Å². The average Bonchev–Trinajstić information content (AvgIpc) is 2.18. The molecule has 0 amide bonds. The standard InChI is InChI=1S/C13H30BN/c1-4-13(14,9-5-6-11-15)10-7-8-12(2)3/h12H,4-11,14-15H2,1-3H3. The summed E-state index contributed by atoms with van der Waals surface area (Å²) in [5.74, 6) is 0.857. The van der Waals surface area contributed by atoms with Crippen molar-refractivity contribution in [2.24, 2.45) is 11.7 Å². The Kier molecular flexibility index (Phi) is 8.22. The lowest BCUT2D eigenvalue weighted by Crippen LogP contribution is -2.13. The Morgan fingerprint density at radius 3 is 2.20 bits per heavy atom. The van der Waals surface area contributed by atoms with Crippen LogP contribution in [0.2, 0.25) is 5.31 Å². The molecular weight excluding hydrogens is 181 g/mol. The van der Waals surface area contributed by atoms with Crippen LogP contribution in [0, 0.1) is 5.92 Å². The largest absolute Gasteiger partial charge is 0.330 e. The van der Waals surface area contributed by atoms with Gasteiger partial charge in [0.15, 0.2) is 0 Å². The highest BCUT2D eigenvalue weighted by molar-refractivity contribution is 6.15. The molecule has 0 radical (unpaired) electrons. The van der Waals surface area contributed by atoms with Gasteiger partial charge < -0.3 is 5.73 Å². The zero-order chi connectivity index (χ0) is 11.7. The molecule has 0 aromatic carbocycles. The van der Waals surface area contributed by atoms with Crippen LogP contribution in [-0.4, -0.2) is 14.4 Å². The van der Waals surface area contributed by atoms with Gasteiger partial charge in [0.2, 0.25) is 0 Å². The van der Waals surface area contributed by atoms with Crippen molar-refractivity contribution in [2.75, 3.05) is 6.54 Å². The molecule has 15 heavy (non-hydrogen) atoms. The third-order valence-corrected chi connectivity index (χ3v) is 3.65. The quantitative estimate of drug-likeness (QED) is 0.460. The SMILES string of the molecule is BC(CC)(CCCCN)CCCC(C)C. The van der Waals surface area contributed by atoms with Gasteiger partial charge in [-0.15, -0.1) is 0 Å². The van der Waals surface area contributed by atoms with Gasteiger partial charge in [0, 0.05) is 0 Å². The summed E-state index contributed by atoms with van der Waals surface area (Å²) < 4.78 is 0. The minimum Gasteiger partial charge on any atom is -0.330 e. The highest BCUT2D eigenvalue weighted by Crippen LogP contribution is 2.38. The second-order valence-corrected chi connectivity index (χ2v) is 5.70. The van der Waals surface area contributed by atoms with E-state index in [2.05, 4.69) is 28.6 Å². The summed E-state index contributed by atoms with van der Waals surface area (Å²) in [6, 6.07) is 0. The van der Waals surface area contributed by atoms with Crippen LogP contribution in [-0.2, 0) is 0 Å². The summed E-state index contributed by atoms with van der Waals surface area (Å²) in [5, 5.41) is 0.573. The second-order valence-electron chi connectivity index (χ2n) is 5.70. The molecule has 0 aliphatic heterocycles. The first-order valence-corrected chi connectivity index (χ1v) is 6.74. The van der Waals surface area contributed by atoms with Crippen LogP contribution in [0.15, 0.2) is 0 Å². The maximum Gasteiger partial charge on any atom is 0.109 e. The van der Waals surface area contributed by atoms with E-state index in [-0.39, 0.29) is 0 Å². The van der Waals surface area contributed by atoms with Gasteiger partial charge in [-0.25, -0.2) is 0 Å². The number of hydrogen-bond donors (Lipinski definition) is 1. The summed E-state index contributed by atoms with van der Waals surface area (Å²) in [6.45, 7) is 7.82. The Morgan fingerprint density at radius 2 is 1.73 bits per heavy atom. The molecule has 0 rings (SSSR count). The highest BCUT2D eigenvalue weighted by Gasteiger charge is 2.20. The van der Waals surface area contributed by atoms with E-state index in [1.54, 1.807) is 0 Å². The average molecular weight is 211 g/mol. The number of hydrogen-bond acceptors (Lipinski definition) is 1. The molecule has 1 atom stereocenters. The lowest BCUT2D eigenvalue weighted by molar-refractivity contribution is 0.406. The summed E-state index contributed by atoms with van der Waals surface area (Å²) >= 11 is 0. The molecule has 2 heteroatoms. The Morgan fingerprint density at radius 1 is 1.13 bits per heavy atom. The maximum atomic E-state index is 5.54. The molecule has 0 aliphatic rings. The Balaban J connectivity index is 3.74. The van der Waals surface area contributed by atoms with E-state index in [1.165, 1.54) is 44.9 Å². The lowest BCUT2D eigenvalue weighted by Gasteiger charge is -2.28. The van der Waals surface area contributed by atoms with Gasteiger partial charge in [-0.05, 0) is 18.9 Å². The van der Waals surface area contributed by atoms with Crippen molar-refractivity contribution in [3.05, 3.63) is 0 Å². The van der Waals surface area contributed by atoms with Gasteiger partial charge >= 0.3 is 0 Å². The van der Waals surface area contributed by atoms with Gasteiger partial charge in [-0.3, -0.25) is 0 Å². The zero-order valence-electron chi connectivity index (χ0n) is 11.3. The topological polar surface area (TPSA) is 26.0 Å². The smallest absolute Gasteiger partial charge is 0.109 e. The van der Waals surface area contributed by atoms with Crippen molar-refractivity contribution in [2.45, 2.75) is 71.0 Å². The van der Waals surface area contributed by atoms with Crippen LogP contribution in [0.25, 0.3) is 0 Å². The second kappa shape index (κ2) is 8.21. The summed E-state index contributed by atoms with van der Waals surface area (Å²) in [5.41, 5.74) is 5.54. The first-order valence-electron chi connectivity index (χ1n) is 6.74. The van der Waals surface area contributed by atoms with E-state index in [4.69, 9.17) is 5.73 Å². The molecule has 0 saturated heterocycles. The number of rotatable bonds is 9. The van der Waals surface area contributed by atoms with Crippen LogP contribution >= 0.6 is 0 Å². The van der Waals surface area contributed by atoms with Gasteiger partial charge in [0.25, 0.3) is 0 Å². The molecule has 2 N–H and O–H groups in total. The summed E-state index contributed by atoms with van der Waals surface area (Å²) in [7, 11) is 2.45. The molecule has 0 bridgehead atoms. The molecule has 0 heterocycles. The molecule has 1 nitrogen and oxygen atoms in total. The van der Waals surface area contributed by atoms with E-state index in [0.717, 1.165) is 12.5 Å². The normalized spacial score (nSPS) is 15.5. The van der Waals surface area contributed by atoms with Crippen LogP contribution in [0.4, 0.5) is 0 Å². The Labute approximate surface area is 97.6 Å². The maximum absolute atomic E-state index is 5.54. The first kappa shape index (κ1) is 15.0. The molecule has 0 aromatic heterocycles. The van der Waals surface area contributed by atoms with Crippen molar-refractivity contribution in [1.82, 2.24) is 0 Å². The van der Waals surface area contributed by atoms with Crippen molar-refractivity contribution in [3.8, 4) is 0 Å². The molecule has 0 aromatic rings. The van der Waals surface area contributed by atoms with Crippen LogP contribution in [0.1, 0.15) is 65.7 Å². The Hall–Kier alpha value is 0.0249. The van der Waals surface area contributed by atoms with Gasteiger partial charge in [0.05, 0.1) is 0 Å². The van der Waals surface area contributed by atoms with Gasteiger partial charge in [0.1, 0.15) is 7.85 Å². The minimum atomic E-state index is 0.573. The van der Waals surface area contributed by atoms with E-state index >= 15 is 0 Å². The Bertz CT molecular complexity index is 147. The van der Waals surface area contributed by atoms with E-state index in [1.807, 2.05) is 0 Å². The van der Waals surface area contributed by atoms with Crippen LogP contribution in [0.5, 0.6) is 0 Å². The minimum absolute atomic E-state index is 0.573. The number of unbranched alkanes of at least 4 members (excludes halogenated alkanes) is 1. The molecule has 0 saturated carbocycles. The molecule has 90 valence electrons. The van der Waals surface area contributed by atoms with Crippen molar-refractivity contribution in [1.29, 1.82) is 0 Å². The van der Waals surface area contributed by atoms with E-state index < -0.39 is 0 Å². The van der Waals surface area contributed by atoms with E-state index in [9.17, 15) is 0 Å².